The highest BCUT2D eigenvalue weighted by atomic mass is 32.2. The van der Waals surface area contributed by atoms with Gasteiger partial charge in [-0.2, -0.15) is 0 Å². The zero-order valence-corrected chi connectivity index (χ0v) is 12.0. The molecule has 0 saturated carbocycles. The first kappa shape index (κ1) is 14.5. The summed E-state index contributed by atoms with van der Waals surface area (Å²) in [6.07, 6.45) is 0. The zero-order valence-electron chi connectivity index (χ0n) is 11.2. The second-order valence-corrected chi connectivity index (χ2v) is 5.33. The zero-order chi connectivity index (χ0) is 14.4. The summed E-state index contributed by atoms with van der Waals surface area (Å²) in [5, 5.41) is 9.39. The number of ether oxygens (including phenoxy) is 1. The SMILES string of the molecule is COc1ccccc1SCC(C(=O)O)c1ccccc1. The van der Waals surface area contributed by atoms with Crippen LogP contribution in [0.25, 0.3) is 0 Å². The molecular formula is C16H16O3S. The van der Waals surface area contributed by atoms with Gasteiger partial charge in [0.15, 0.2) is 0 Å². The summed E-state index contributed by atoms with van der Waals surface area (Å²) in [5.41, 5.74) is 0.822. The standard InChI is InChI=1S/C16H16O3S/c1-19-14-9-5-6-10-15(14)20-11-13(16(17)18)12-7-3-2-4-8-12/h2-10,13H,11H2,1H3,(H,17,18). The van der Waals surface area contributed by atoms with E-state index in [2.05, 4.69) is 0 Å². The first-order chi connectivity index (χ1) is 9.72. The van der Waals surface area contributed by atoms with E-state index in [1.54, 1.807) is 7.11 Å². The molecule has 0 aliphatic rings. The maximum atomic E-state index is 11.4. The van der Waals surface area contributed by atoms with E-state index in [0.29, 0.717) is 5.75 Å². The molecule has 104 valence electrons. The summed E-state index contributed by atoms with van der Waals surface area (Å²) >= 11 is 1.50. The number of methoxy groups -OCH3 is 1. The molecule has 0 bridgehead atoms. The summed E-state index contributed by atoms with van der Waals surface area (Å²) in [5.74, 6) is -0.0842. The van der Waals surface area contributed by atoms with E-state index < -0.39 is 11.9 Å². The highest BCUT2D eigenvalue weighted by Gasteiger charge is 2.20. The molecule has 0 aromatic heterocycles. The number of para-hydroxylation sites is 1. The van der Waals surface area contributed by atoms with E-state index in [0.717, 1.165) is 16.2 Å². The van der Waals surface area contributed by atoms with Crippen molar-refractivity contribution >= 4 is 17.7 Å². The van der Waals surface area contributed by atoms with E-state index >= 15 is 0 Å². The van der Waals surface area contributed by atoms with E-state index in [-0.39, 0.29) is 0 Å². The first-order valence-corrected chi connectivity index (χ1v) is 7.24. The number of aliphatic carboxylic acids is 1. The number of thioether (sulfide) groups is 1. The number of benzene rings is 2. The fourth-order valence-electron chi connectivity index (χ4n) is 1.91. The lowest BCUT2D eigenvalue weighted by molar-refractivity contribution is -0.138. The summed E-state index contributed by atoms with van der Waals surface area (Å²) in [6, 6.07) is 16.9. The van der Waals surface area contributed by atoms with Crippen LogP contribution in [0.2, 0.25) is 0 Å². The summed E-state index contributed by atoms with van der Waals surface area (Å²) < 4.78 is 5.28. The van der Waals surface area contributed by atoms with Crippen molar-refractivity contribution < 1.29 is 14.6 Å². The Morgan fingerprint density at radius 3 is 2.45 bits per heavy atom. The van der Waals surface area contributed by atoms with Gasteiger partial charge in [0.1, 0.15) is 5.75 Å². The third kappa shape index (κ3) is 3.54. The van der Waals surface area contributed by atoms with Crippen LogP contribution in [0.1, 0.15) is 11.5 Å². The van der Waals surface area contributed by atoms with Crippen LogP contribution >= 0.6 is 11.8 Å². The molecule has 4 heteroatoms. The molecule has 0 amide bonds. The Morgan fingerprint density at radius 2 is 1.80 bits per heavy atom. The second kappa shape index (κ2) is 7.01. The Bertz CT molecular complexity index is 569. The number of carboxylic acid groups (broad SMARTS) is 1. The van der Waals surface area contributed by atoms with Crippen LogP contribution in [0.3, 0.4) is 0 Å². The van der Waals surface area contributed by atoms with Crippen molar-refractivity contribution in [1.29, 1.82) is 0 Å². The lowest BCUT2D eigenvalue weighted by Crippen LogP contribution is -2.14. The van der Waals surface area contributed by atoms with Gasteiger partial charge in [0.25, 0.3) is 0 Å². The third-order valence-electron chi connectivity index (χ3n) is 2.97. The maximum Gasteiger partial charge on any atom is 0.311 e. The van der Waals surface area contributed by atoms with Crippen LogP contribution in [-0.2, 0) is 4.79 Å². The predicted molar refractivity (Wildman–Crippen MR) is 80.5 cm³/mol. The molecule has 2 aromatic rings. The highest BCUT2D eigenvalue weighted by molar-refractivity contribution is 7.99. The molecule has 1 unspecified atom stereocenters. The van der Waals surface area contributed by atoms with Crippen molar-refractivity contribution in [2.24, 2.45) is 0 Å². The largest absolute Gasteiger partial charge is 0.496 e. The van der Waals surface area contributed by atoms with Gasteiger partial charge in [-0.25, -0.2) is 0 Å². The van der Waals surface area contributed by atoms with Crippen LogP contribution in [-0.4, -0.2) is 23.9 Å². The molecule has 0 spiro atoms. The van der Waals surface area contributed by atoms with Crippen molar-refractivity contribution in [2.45, 2.75) is 10.8 Å². The summed E-state index contributed by atoms with van der Waals surface area (Å²) in [4.78, 5) is 12.4. The molecule has 1 N–H and O–H groups in total. The van der Waals surface area contributed by atoms with E-state index in [9.17, 15) is 9.90 Å². The number of hydrogen-bond acceptors (Lipinski definition) is 3. The maximum absolute atomic E-state index is 11.4. The number of rotatable bonds is 6. The molecule has 0 aliphatic heterocycles. The number of carboxylic acids is 1. The van der Waals surface area contributed by atoms with Gasteiger partial charge in [0.2, 0.25) is 0 Å². The third-order valence-corrected chi connectivity index (χ3v) is 4.12. The van der Waals surface area contributed by atoms with Crippen molar-refractivity contribution in [1.82, 2.24) is 0 Å². The second-order valence-electron chi connectivity index (χ2n) is 4.26. The minimum absolute atomic E-state index is 0.472. The Labute approximate surface area is 122 Å². The monoisotopic (exact) mass is 288 g/mol. The van der Waals surface area contributed by atoms with Gasteiger partial charge in [0.05, 0.1) is 13.0 Å². The van der Waals surface area contributed by atoms with Gasteiger partial charge in [-0.1, -0.05) is 42.5 Å². The Morgan fingerprint density at radius 1 is 1.15 bits per heavy atom. The Balaban J connectivity index is 2.12. The van der Waals surface area contributed by atoms with Crippen molar-refractivity contribution in [3.8, 4) is 5.75 Å². The van der Waals surface area contributed by atoms with Crippen molar-refractivity contribution in [3.63, 3.8) is 0 Å². The van der Waals surface area contributed by atoms with Gasteiger partial charge in [-0.3, -0.25) is 4.79 Å². The average Bonchev–Trinajstić information content (AvgIpc) is 2.48. The Kier molecular flexibility index (Phi) is 5.07. The van der Waals surface area contributed by atoms with Gasteiger partial charge in [-0.05, 0) is 17.7 Å². The summed E-state index contributed by atoms with van der Waals surface area (Å²) in [7, 11) is 1.62. The molecule has 2 aromatic carbocycles. The van der Waals surface area contributed by atoms with Crippen LogP contribution in [0.5, 0.6) is 5.75 Å². The molecule has 0 radical (unpaired) electrons. The minimum Gasteiger partial charge on any atom is -0.496 e. The van der Waals surface area contributed by atoms with Crippen LogP contribution in [0, 0.1) is 0 Å². The highest BCUT2D eigenvalue weighted by Crippen LogP contribution is 2.32. The lowest BCUT2D eigenvalue weighted by Gasteiger charge is -2.13. The first-order valence-electron chi connectivity index (χ1n) is 6.26. The van der Waals surface area contributed by atoms with Gasteiger partial charge >= 0.3 is 5.97 Å². The van der Waals surface area contributed by atoms with Gasteiger partial charge in [0, 0.05) is 10.6 Å². The molecule has 0 fully saturated rings. The normalized spacial score (nSPS) is 11.8. The van der Waals surface area contributed by atoms with E-state index in [1.807, 2.05) is 54.6 Å². The number of hydrogen-bond donors (Lipinski definition) is 1. The van der Waals surface area contributed by atoms with Gasteiger partial charge in [-0.15, -0.1) is 11.8 Å². The quantitative estimate of drug-likeness (QED) is 0.824. The lowest BCUT2D eigenvalue weighted by atomic mass is 10.0. The van der Waals surface area contributed by atoms with E-state index in [4.69, 9.17) is 4.74 Å². The fraction of sp³-hybridized carbons (Fsp3) is 0.188. The molecule has 0 heterocycles. The van der Waals surface area contributed by atoms with Crippen LogP contribution in [0.4, 0.5) is 0 Å². The molecule has 0 aliphatic carbocycles. The smallest absolute Gasteiger partial charge is 0.311 e. The molecule has 20 heavy (non-hydrogen) atoms. The minimum atomic E-state index is -0.807. The fourth-order valence-corrected chi connectivity index (χ4v) is 3.06. The van der Waals surface area contributed by atoms with Crippen LogP contribution < -0.4 is 4.74 Å². The molecule has 0 saturated heterocycles. The predicted octanol–water partition coefficient (Wildman–Crippen LogP) is 3.66. The van der Waals surface area contributed by atoms with Crippen molar-refractivity contribution in [3.05, 3.63) is 60.2 Å². The topological polar surface area (TPSA) is 46.5 Å². The van der Waals surface area contributed by atoms with E-state index in [1.165, 1.54) is 11.8 Å². The van der Waals surface area contributed by atoms with Crippen LogP contribution in [0.15, 0.2) is 59.5 Å². The summed E-state index contributed by atoms with van der Waals surface area (Å²) in [6.45, 7) is 0. The van der Waals surface area contributed by atoms with Crippen molar-refractivity contribution in [2.75, 3.05) is 12.9 Å². The molecular weight excluding hydrogens is 272 g/mol. The molecule has 1 atom stereocenters. The van der Waals surface area contributed by atoms with Gasteiger partial charge < -0.3 is 9.84 Å². The number of carbonyl (C=O) groups is 1. The Hall–Kier alpha value is -1.94. The molecule has 3 nitrogen and oxygen atoms in total. The molecule has 2 rings (SSSR count). The average molecular weight is 288 g/mol.